The van der Waals surface area contributed by atoms with Gasteiger partial charge in [0.1, 0.15) is 0 Å². The van der Waals surface area contributed by atoms with Gasteiger partial charge in [-0.15, -0.1) is 0 Å². The van der Waals surface area contributed by atoms with Crippen LogP contribution in [-0.4, -0.2) is 34.9 Å². The van der Waals surface area contributed by atoms with Crippen molar-refractivity contribution < 1.29 is 15.0 Å². The second-order valence-electron chi connectivity index (χ2n) is 5.51. The lowest BCUT2D eigenvalue weighted by molar-refractivity contribution is 0.0351. The van der Waals surface area contributed by atoms with E-state index in [1.165, 1.54) is 0 Å². The molecule has 0 unspecified atom stereocenters. The van der Waals surface area contributed by atoms with Crippen molar-refractivity contribution in [3.05, 3.63) is 23.3 Å². The summed E-state index contributed by atoms with van der Waals surface area (Å²) in [6.45, 7) is 5.08. The Balaban J connectivity index is 2.29. The Morgan fingerprint density at radius 1 is 1.37 bits per heavy atom. The molecule has 1 fully saturated rings. The third-order valence-electron chi connectivity index (χ3n) is 3.81. The minimum absolute atomic E-state index is 0.146. The van der Waals surface area contributed by atoms with Crippen molar-refractivity contribution in [2.75, 3.05) is 23.7 Å². The Hall–Kier alpha value is -1.75. The number of aliphatic hydroxyl groups is 1. The quantitative estimate of drug-likeness (QED) is 0.707. The van der Waals surface area contributed by atoms with Gasteiger partial charge in [0.25, 0.3) is 0 Å². The highest BCUT2D eigenvalue weighted by Gasteiger charge is 2.28. The van der Waals surface area contributed by atoms with Gasteiger partial charge in [-0.05, 0) is 44.4 Å². The highest BCUT2D eigenvalue weighted by atomic mass is 16.4. The predicted molar refractivity (Wildman–Crippen MR) is 74.6 cm³/mol. The minimum atomic E-state index is -1.01. The number of hydrogen-bond acceptors (Lipinski definition) is 4. The number of rotatable bonds is 2. The van der Waals surface area contributed by atoms with Crippen LogP contribution in [0.2, 0.25) is 0 Å². The fourth-order valence-corrected chi connectivity index (χ4v) is 2.39. The monoisotopic (exact) mass is 264 g/mol. The number of anilines is 2. The molecule has 5 heteroatoms. The molecule has 4 N–H and O–H groups in total. The number of aryl methyl sites for hydroxylation is 1. The lowest BCUT2D eigenvalue weighted by atomic mass is 9.93. The van der Waals surface area contributed by atoms with Gasteiger partial charge >= 0.3 is 5.97 Å². The first-order valence-electron chi connectivity index (χ1n) is 6.41. The molecule has 1 heterocycles. The second-order valence-corrected chi connectivity index (χ2v) is 5.51. The number of carboxylic acid groups (broad SMARTS) is 1. The molecule has 1 saturated heterocycles. The Morgan fingerprint density at radius 2 is 1.95 bits per heavy atom. The van der Waals surface area contributed by atoms with Crippen molar-refractivity contribution in [2.24, 2.45) is 0 Å². The Bertz CT molecular complexity index is 502. The van der Waals surface area contributed by atoms with Crippen LogP contribution in [0.15, 0.2) is 12.1 Å². The first kappa shape index (κ1) is 13.7. The average molecular weight is 264 g/mol. The summed E-state index contributed by atoms with van der Waals surface area (Å²) < 4.78 is 0. The zero-order valence-electron chi connectivity index (χ0n) is 11.3. The number of benzene rings is 1. The van der Waals surface area contributed by atoms with Gasteiger partial charge in [-0.1, -0.05) is 0 Å². The number of nitrogens with two attached hydrogens (primary N) is 1. The molecule has 0 amide bonds. The summed E-state index contributed by atoms with van der Waals surface area (Å²) in [5.41, 5.74) is 7.27. The van der Waals surface area contributed by atoms with E-state index < -0.39 is 11.6 Å². The van der Waals surface area contributed by atoms with Crippen molar-refractivity contribution in [2.45, 2.75) is 32.3 Å². The van der Waals surface area contributed by atoms with E-state index in [4.69, 9.17) is 10.8 Å². The molecule has 5 nitrogen and oxygen atoms in total. The van der Waals surface area contributed by atoms with Gasteiger partial charge in [0.2, 0.25) is 0 Å². The average Bonchev–Trinajstić information content (AvgIpc) is 2.32. The lowest BCUT2D eigenvalue weighted by Gasteiger charge is -2.37. The first-order valence-corrected chi connectivity index (χ1v) is 6.41. The number of piperidine rings is 1. The van der Waals surface area contributed by atoms with Crippen molar-refractivity contribution in [3.63, 3.8) is 0 Å². The number of carboxylic acids is 1. The van der Waals surface area contributed by atoms with E-state index in [1.54, 1.807) is 6.07 Å². The maximum absolute atomic E-state index is 11.2. The highest BCUT2D eigenvalue weighted by molar-refractivity contribution is 5.95. The number of carbonyl (C=O) groups is 1. The van der Waals surface area contributed by atoms with Crippen LogP contribution in [0.4, 0.5) is 11.4 Å². The van der Waals surface area contributed by atoms with Crippen LogP contribution in [0.1, 0.15) is 35.7 Å². The van der Waals surface area contributed by atoms with Crippen molar-refractivity contribution in [1.29, 1.82) is 0 Å². The second kappa shape index (κ2) is 4.74. The lowest BCUT2D eigenvalue weighted by Crippen LogP contribution is -2.42. The molecule has 1 aliphatic heterocycles. The summed E-state index contributed by atoms with van der Waals surface area (Å²) in [5, 5.41) is 19.1. The molecule has 0 spiro atoms. The summed E-state index contributed by atoms with van der Waals surface area (Å²) in [5.74, 6) is -1.01. The predicted octanol–water partition coefficient (Wildman–Crippen LogP) is 1.63. The van der Waals surface area contributed by atoms with Crippen molar-refractivity contribution in [3.8, 4) is 0 Å². The third-order valence-corrected chi connectivity index (χ3v) is 3.81. The molecule has 1 aliphatic rings. The number of nitrogens with zero attached hydrogens (tertiary/aromatic N) is 1. The minimum Gasteiger partial charge on any atom is -0.478 e. The van der Waals surface area contributed by atoms with E-state index in [2.05, 4.69) is 4.90 Å². The maximum atomic E-state index is 11.2. The van der Waals surface area contributed by atoms with Crippen LogP contribution in [-0.2, 0) is 0 Å². The highest BCUT2D eigenvalue weighted by Crippen LogP contribution is 2.30. The smallest absolute Gasteiger partial charge is 0.337 e. The third kappa shape index (κ3) is 2.81. The molecule has 0 bridgehead atoms. The van der Waals surface area contributed by atoms with Gasteiger partial charge in [-0.3, -0.25) is 0 Å². The number of hydrogen-bond donors (Lipinski definition) is 3. The molecular formula is C14H20N2O3. The zero-order chi connectivity index (χ0) is 14.2. The molecule has 2 rings (SSSR count). The molecule has 104 valence electrons. The van der Waals surface area contributed by atoms with Crippen LogP contribution >= 0.6 is 0 Å². The number of aromatic carboxylic acids is 1. The van der Waals surface area contributed by atoms with Gasteiger partial charge in [0.05, 0.1) is 11.2 Å². The van der Waals surface area contributed by atoms with Crippen molar-refractivity contribution in [1.82, 2.24) is 0 Å². The van der Waals surface area contributed by atoms with Crippen LogP contribution in [0.25, 0.3) is 0 Å². The van der Waals surface area contributed by atoms with Crippen LogP contribution in [0.3, 0.4) is 0 Å². The standard InChI is InChI=1S/C14H20N2O3/c1-9-7-10(8-11(12(9)15)13(17)18)16-5-3-14(2,19)4-6-16/h7-8,19H,3-6,15H2,1-2H3,(H,17,18). The zero-order valence-corrected chi connectivity index (χ0v) is 11.3. The van der Waals surface area contributed by atoms with Crippen LogP contribution < -0.4 is 10.6 Å². The van der Waals surface area contributed by atoms with E-state index in [0.29, 0.717) is 18.5 Å². The van der Waals surface area contributed by atoms with E-state index in [1.807, 2.05) is 19.9 Å². The molecular weight excluding hydrogens is 244 g/mol. The Morgan fingerprint density at radius 3 is 2.47 bits per heavy atom. The van der Waals surface area contributed by atoms with Crippen molar-refractivity contribution >= 4 is 17.3 Å². The molecule has 0 aromatic heterocycles. The fourth-order valence-electron chi connectivity index (χ4n) is 2.39. The Kier molecular flexibility index (Phi) is 3.41. The molecule has 0 saturated carbocycles. The molecule has 19 heavy (non-hydrogen) atoms. The van der Waals surface area contributed by atoms with Gasteiger partial charge in [-0.2, -0.15) is 0 Å². The van der Waals surface area contributed by atoms with E-state index in [0.717, 1.165) is 24.3 Å². The van der Waals surface area contributed by atoms with Crippen LogP contribution in [0, 0.1) is 6.92 Å². The topological polar surface area (TPSA) is 86.8 Å². The summed E-state index contributed by atoms with van der Waals surface area (Å²) >= 11 is 0. The molecule has 0 aliphatic carbocycles. The van der Waals surface area contributed by atoms with E-state index in [9.17, 15) is 9.90 Å². The summed E-state index contributed by atoms with van der Waals surface area (Å²) in [7, 11) is 0. The summed E-state index contributed by atoms with van der Waals surface area (Å²) in [6, 6.07) is 3.52. The normalized spacial score (nSPS) is 18.4. The molecule has 0 radical (unpaired) electrons. The summed E-state index contributed by atoms with van der Waals surface area (Å²) in [6.07, 6.45) is 1.36. The molecule has 0 atom stereocenters. The maximum Gasteiger partial charge on any atom is 0.337 e. The van der Waals surface area contributed by atoms with E-state index >= 15 is 0 Å². The first-order chi connectivity index (χ1) is 8.80. The fraction of sp³-hybridized carbons (Fsp3) is 0.500. The van der Waals surface area contributed by atoms with Gasteiger partial charge in [0.15, 0.2) is 0 Å². The van der Waals surface area contributed by atoms with Crippen LogP contribution in [0.5, 0.6) is 0 Å². The largest absolute Gasteiger partial charge is 0.478 e. The van der Waals surface area contributed by atoms with Gasteiger partial charge in [0, 0.05) is 24.5 Å². The number of nitrogen functional groups attached to an aromatic ring is 1. The SMILES string of the molecule is Cc1cc(N2CCC(C)(O)CC2)cc(C(=O)O)c1N. The molecule has 1 aromatic rings. The molecule has 1 aromatic carbocycles. The Labute approximate surface area is 112 Å². The summed E-state index contributed by atoms with van der Waals surface area (Å²) in [4.78, 5) is 13.3. The van der Waals surface area contributed by atoms with E-state index in [-0.39, 0.29) is 5.56 Å². The van der Waals surface area contributed by atoms with Gasteiger partial charge in [-0.25, -0.2) is 4.79 Å². The van der Waals surface area contributed by atoms with Gasteiger partial charge < -0.3 is 20.8 Å².